The van der Waals surface area contributed by atoms with Crippen molar-refractivity contribution in [3.63, 3.8) is 0 Å². The van der Waals surface area contributed by atoms with Crippen molar-refractivity contribution < 1.29 is 13.7 Å². The van der Waals surface area contributed by atoms with Gasteiger partial charge in [0.25, 0.3) is 5.91 Å². The number of hydrogen-bond donors (Lipinski definition) is 1. The Kier molecular flexibility index (Phi) is 3.96. The summed E-state index contributed by atoms with van der Waals surface area (Å²) in [6.07, 6.45) is 3.84. The standard InChI is InChI=1S/C15H20N4O3/c1-8(2)14-17-18-15(21-14)9(3)16-13(20)12-10-6-4-5-7-11(10)22-19-12/h8-9H,4-7H2,1-3H3,(H,16,20)/t9-/m0/s1. The first-order chi connectivity index (χ1) is 10.6. The molecule has 0 saturated heterocycles. The summed E-state index contributed by atoms with van der Waals surface area (Å²) in [5, 5.41) is 14.7. The van der Waals surface area contributed by atoms with E-state index in [1.165, 1.54) is 0 Å². The summed E-state index contributed by atoms with van der Waals surface area (Å²) in [4.78, 5) is 12.4. The van der Waals surface area contributed by atoms with E-state index in [9.17, 15) is 4.79 Å². The third kappa shape index (κ3) is 2.75. The lowest BCUT2D eigenvalue weighted by Crippen LogP contribution is -2.28. The van der Waals surface area contributed by atoms with Crippen LogP contribution in [0.3, 0.4) is 0 Å². The summed E-state index contributed by atoms with van der Waals surface area (Å²) in [5.41, 5.74) is 1.31. The molecular weight excluding hydrogens is 284 g/mol. The first-order valence-corrected chi connectivity index (χ1v) is 7.68. The van der Waals surface area contributed by atoms with Crippen LogP contribution in [0.1, 0.15) is 79.2 Å². The van der Waals surface area contributed by atoms with Crippen LogP contribution in [-0.4, -0.2) is 21.3 Å². The highest BCUT2D eigenvalue weighted by Crippen LogP contribution is 2.24. The minimum atomic E-state index is -0.372. The molecule has 0 aromatic carbocycles. The van der Waals surface area contributed by atoms with Gasteiger partial charge in [0.15, 0.2) is 5.69 Å². The highest BCUT2D eigenvalue weighted by molar-refractivity contribution is 5.94. The third-order valence-electron chi connectivity index (χ3n) is 3.83. The Bertz CT molecular complexity index is 674. The maximum atomic E-state index is 12.4. The molecule has 1 atom stereocenters. The molecule has 1 amide bonds. The van der Waals surface area contributed by atoms with Crippen LogP contribution in [0.2, 0.25) is 0 Å². The van der Waals surface area contributed by atoms with Crippen LogP contribution in [0.15, 0.2) is 8.94 Å². The maximum Gasteiger partial charge on any atom is 0.274 e. The summed E-state index contributed by atoms with van der Waals surface area (Å²) in [6, 6.07) is -0.372. The fourth-order valence-corrected chi connectivity index (χ4v) is 2.54. The summed E-state index contributed by atoms with van der Waals surface area (Å²) in [5.74, 6) is 1.70. The fraction of sp³-hybridized carbons (Fsp3) is 0.600. The van der Waals surface area contributed by atoms with Crippen LogP contribution in [0.4, 0.5) is 0 Å². The van der Waals surface area contributed by atoms with E-state index in [4.69, 9.17) is 8.94 Å². The molecule has 1 aliphatic carbocycles. The second-order valence-corrected chi connectivity index (χ2v) is 5.97. The van der Waals surface area contributed by atoms with Gasteiger partial charge in [-0.2, -0.15) is 0 Å². The van der Waals surface area contributed by atoms with Crippen LogP contribution in [0, 0.1) is 0 Å². The van der Waals surface area contributed by atoms with Crippen LogP contribution in [0.25, 0.3) is 0 Å². The quantitative estimate of drug-likeness (QED) is 0.932. The lowest BCUT2D eigenvalue weighted by Gasteiger charge is -2.11. The zero-order chi connectivity index (χ0) is 15.7. The van der Waals surface area contributed by atoms with Gasteiger partial charge in [-0.25, -0.2) is 0 Å². The Morgan fingerprint density at radius 1 is 1.14 bits per heavy atom. The summed E-state index contributed by atoms with van der Waals surface area (Å²) >= 11 is 0. The van der Waals surface area contributed by atoms with E-state index >= 15 is 0 Å². The van der Waals surface area contributed by atoms with Gasteiger partial charge in [-0.05, 0) is 26.2 Å². The number of nitrogens with zero attached hydrogens (tertiary/aromatic N) is 3. The van der Waals surface area contributed by atoms with Crippen LogP contribution in [0.5, 0.6) is 0 Å². The lowest BCUT2D eigenvalue weighted by molar-refractivity contribution is 0.0923. The molecule has 7 nitrogen and oxygen atoms in total. The van der Waals surface area contributed by atoms with Crippen molar-refractivity contribution in [2.24, 2.45) is 0 Å². The first-order valence-electron chi connectivity index (χ1n) is 7.68. The number of amides is 1. The van der Waals surface area contributed by atoms with Gasteiger partial charge < -0.3 is 14.3 Å². The zero-order valence-corrected chi connectivity index (χ0v) is 13.0. The third-order valence-corrected chi connectivity index (χ3v) is 3.83. The molecule has 0 spiro atoms. The molecule has 0 fully saturated rings. The molecule has 1 N–H and O–H groups in total. The minimum Gasteiger partial charge on any atom is -0.423 e. The van der Waals surface area contributed by atoms with Crippen LogP contribution in [-0.2, 0) is 12.8 Å². The smallest absolute Gasteiger partial charge is 0.274 e. The van der Waals surface area contributed by atoms with E-state index in [1.54, 1.807) is 0 Å². The molecule has 0 bridgehead atoms. The van der Waals surface area contributed by atoms with Gasteiger partial charge in [0.1, 0.15) is 11.8 Å². The largest absolute Gasteiger partial charge is 0.423 e. The molecular formula is C15H20N4O3. The van der Waals surface area contributed by atoms with Gasteiger partial charge in [0.2, 0.25) is 11.8 Å². The van der Waals surface area contributed by atoms with Gasteiger partial charge in [0, 0.05) is 17.9 Å². The van der Waals surface area contributed by atoms with Gasteiger partial charge in [-0.3, -0.25) is 4.79 Å². The number of fused-ring (bicyclic) bond motifs is 1. The molecule has 2 heterocycles. The van der Waals surface area contributed by atoms with Crippen molar-refractivity contribution in [2.45, 2.75) is 58.4 Å². The molecule has 0 saturated carbocycles. The van der Waals surface area contributed by atoms with Gasteiger partial charge >= 0.3 is 0 Å². The number of carbonyl (C=O) groups is 1. The lowest BCUT2D eigenvalue weighted by atomic mass is 9.96. The number of aromatic nitrogens is 3. The summed E-state index contributed by atoms with van der Waals surface area (Å²) in [6.45, 7) is 5.76. The predicted octanol–water partition coefficient (Wildman–Crippen LogP) is 2.55. The van der Waals surface area contributed by atoms with Gasteiger partial charge in [-0.15, -0.1) is 10.2 Å². The number of nitrogens with one attached hydrogen (secondary N) is 1. The van der Waals surface area contributed by atoms with Crippen LogP contribution >= 0.6 is 0 Å². The number of hydrogen-bond acceptors (Lipinski definition) is 6. The van der Waals surface area contributed by atoms with E-state index in [0.29, 0.717) is 17.5 Å². The second-order valence-electron chi connectivity index (χ2n) is 5.97. The number of rotatable bonds is 4. The average Bonchev–Trinajstić information content (AvgIpc) is 3.14. The van der Waals surface area contributed by atoms with Crippen molar-refractivity contribution in [2.75, 3.05) is 0 Å². The van der Waals surface area contributed by atoms with Crippen molar-refractivity contribution in [3.8, 4) is 0 Å². The van der Waals surface area contributed by atoms with Crippen LogP contribution < -0.4 is 5.32 Å². The highest BCUT2D eigenvalue weighted by Gasteiger charge is 2.26. The fourth-order valence-electron chi connectivity index (χ4n) is 2.54. The molecule has 22 heavy (non-hydrogen) atoms. The van der Waals surface area contributed by atoms with E-state index in [1.807, 2.05) is 20.8 Å². The van der Waals surface area contributed by atoms with Crippen molar-refractivity contribution in [3.05, 3.63) is 28.8 Å². The molecule has 7 heteroatoms. The van der Waals surface area contributed by atoms with Gasteiger partial charge in [0.05, 0.1) is 0 Å². The Morgan fingerprint density at radius 3 is 2.59 bits per heavy atom. The molecule has 118 valence electrons. The summed E-state index contributed by atoms with van der Waals surface area (Å²) in [7, 11) is 0. The number of carbonyl (C=O) groups excluding carboxylic acids is 1. The Morgan fingerprint density at radius 2 is 1.86 bits per heavy atom. The number of aryl methyl sites for hydroxylation is 1. The SMILES string of the molecule is CC(C)c1nnc([C@H](C)NC(=O)c2noc3c2CCCC3)o1. The van der Waals surface area contributed by atoms with E-state index in [2.05, 4.69) is 20.7 Å². The summed E-state index contributed by atoms with van der Waals surface area (Å²) < 4.78 is 10.8. The topological polar surface area (TPSA) is 94.1 Å². The Labute approximate surface area is 128 Å². The highest BCUT2D eigenvalue weighted by atomic mass is 16.5. The van der Waals surface area contributed by atoms with Crippen molar-refractivity contribution in [1.29, 1.82) is 0 Å². The zero-order valence-electron chi connectivity index (χ0n) is 13.0. The van der Waals surface area contributed by atoms with Crippen molar-refractivity contribution >= 4 is 5.91 Å². The van der Waals surface area contributed by atoms with E-state index in [-0.39, 0.29) is 17.9 Å². The van der Waals surface area contributed by atoms with Gasteiger partial charge in [-0.1, -0.05) is 19.0 Å². The monoisotopic (exact) mass is 304 g/mol. The maximum absolute atomic E-state index is 12.4. The molecule has 0 radical (unpaired) electrons. The Hall–Kier alpha value is -2.18. The molecule has 0 aliphatic heterocycles. The Balaban J connectivity index is 1.72. The molecule has 2 aromatic rings. The average molecular weight is 304 g/mol. The minimum absolute atomic E-state index is 0.159. The molecule has 3 rings (SSSR count). The first kappa shape index (κ1) is 14.7. The predicted molar refractivity (Wildman–Crippen MR) is 77.4 cm³/mol. The van der Waals surface area contributed by atoms with E-state index < -0.39 is 0 Å². The molecule has 0 unspecified atom stereocenters. The van der Waals surface area contributed by atoms with E-state index in [0.717, 1.165) is 37.0 Å². The normalized spacial score (nSPS) is 15.6. The molecule has 2 aromatic heterocycles. The molecule has 1 aliphatic rings. The second kappa shape index (κ2) is 5.90. The van der Waals surface area contributed by atoms with Crippen molar-refractivity contribution in [1.82, 2.24) is 20.7 Å².